The first-order valence-electron chi connectivity index (χ1n) is 13.0. The molecule has 0 fully saturated rings. The molecule has 0 saturated heterocycles. The average molecular weight is 683 g/mol. The lowest BCUT2D eigenvalue weighted by molar-refractivity contribution is -0.141. The molecule has 0 aliphatic carbocycles. The zero-order valence-corrected chi connectivity index (χ0v) is 27.5. The van der Waals surface area contributed by atoms with E-state index in [-0.39, 0.29) is 29.5 Å². The molecule has 3 rings (SSSR count). The number of hydrogen-bond acceptors (Lipinski definition) is 4. The van der Waals surface area contributed by atoms with Crippen molar-refractivity contribution in [2.45, 2.75) is 64.1 Å². The fourth-order valence-corrected chi connectivity index (χ4v) is 6.53. The van der Waals surface area contributed by atoms with Crippen LogP contribution in [-0.4, -0.2) is 43.3 Å². The van der Waals surface area contributed by atoms with Crippen LogP contribution >= 0.6 is 39.1 Å². The molecule has 220 valence electrons. The van der Waals surface area contributed by atoms with E-state index in [0.717, 1.165) is 9.87 Å². The van der Waals surface area contributed by atoms with Crippen LogP contribution in [0.25, 0.3) is 0 Å². The van der Waals surface area contributed by atoms with Gasteiger partial charge in [-0.1, -0.05) is 75.9 Å². The minimum Gasteiger partial charge on any atom is -0.350 e. The average Bonchev–Trinajstić information content (AvgIpc) is 2.87. The number of anilines is 1. The maximum Gasteiger partial charge on any atom is 0.264 e. The van der Waals surface area contributed by atoms with E-state index in [2.05, 4.69) is 21.2 Å². The fraction of sp³-hybridized carbons (Fsp3) is 0.333. The molecule has 0 spiro atoms. The summed E-state index contributed by atoms with van der Waals surface area (Å²) in [6, 6.07) is 17.2. The Kier molecular flexibility index (Phi) is 10.9. The van der Waals surface area contributed by atoms with Crippen LogP contribution in [0.3, 0.4) is 0 Å². The van der Waals surface area contributed by atoms with Gasteiger partial charge in [0.25, 0.3) is 10.0 Å². The molecule has 11 heteroatoms. The quantitative estimate of drug-likeness (QED) is 0.250. The predicted molar refractivity (Wildman–Crippen MR) is 169 cm³/mol. The number of nitrogens with zero attached hydrogens (tertiary/aromatic N) is 2. The Morgan fingerprint density at radius 3 is 2.10 bits per heavy atom. The van der Waals surface area contributed by atoms with Gasteiger partial charge in [-0.05, 0) is 76.6 Å². The van der Waals surface area contributed by atoms with E-state index in [9.17, 15) is 18.0 Å². The van der Waals surface area contributed by atoms with E-state index in [1.54, 1.807) is 61.5 Å². The van der Waals surface area contributed by atoms with Crippen molar-refractivity contribution in [3.63, 3.8) is 0 Å². The van der Waals surface area contributed by atoms with Crippen molar-refractivity contribution in [2.24, 2.45) is 0 Å². The third kappa shape index (κ3) is 8.47. The first-order valence-corrected chi connectivity index (χ1v) is 16.0. The summed E-state index contributed by atoms with van der Waals surface area (Å²) in [7, 11) is -4.17. The first-order chi connectivity index (χ1) is 19.1. The Bertz CT molecular complexity index is 1490. The van der Waals surface area contributed by atoms with E-state index < -0.39 is 34.1 Å². The van der Waals surface area contributed by atoms with Crippen LogP contribution in [0.2, 0.25) is 10.0 Å². The summed E-state index contributed by atoms with van der Waals surface area (Å²) in [5, 5.41) is 3.60. The lowest BCUT2D eigenvalue weighted by Gasteiger charge is -2.35. The van der Waals surface area contributed by atoms with Gasteiger partial charge in [-0.3, -0.25) is 13.9 Å². The van der Waals surface area contributed by atoms with E-state index >= 15 is 0 Å². The summed E-state index contributed by atoms with van der Waals surface area (Å²) >= 11 is 16.3. The molecular formula is C30H34BrCl2N3O4S. The Balaban J connectivity index is 2.12. The molecular weight excluding hydrogens is 649 g/mol. The maximum absolute atomic E-state index is 14.2. The first kappa shape index (κ1) is 32.9. The second kappa shape index (κ2) is 13.6. The second-order valence-corrected chi connectivity index (χ2v) is 14.3. The Morgan fingerprint density at radius 1 is 0.976 bits per heavy atom. The van der Waals surface area contributed by atoms with Gasteiger partial charge in [0.1, 0.15) is 12.6 Å². The predicted octanol–water partition coefficient (Wildman–Crippen LogP) is 6.98. The standard InChI is InChI=1S/C30H34BrCl2N3O4S/c1-6-27(29(38)34-30(3,4)5)35(18-24-25(32)11-8-12-26(24)33)28(37)19-36(22-10-7-9-21(31)17-22)41(39,40)23-15-13-20(2)14-16-23/h7-17,27H,6,18-19H2,1-5H3,(H,34,38)/t27-/m1/s1. The molecule has 0 aliphatic rings. The zero-order valence-electron chi connectivity index (χ0n) is 23.6. The SMILES string of the molecule is CC[C@H](C(=O)NC(C)(C)C)N(Cc1c(Cl)cccc1Cl)C(=O)CN(c1cccc(Br)c1)S(=O)(=O)c1ccc(C)cc1. The lowest BCUT2D eigenvalue weighted by Crippen LogP contribution is -2.55. The molecule has 0 aromatic heterocycles. The smallest absolute Gasteiger partial charge is 0.264 e. The highest BCUT2D eigenvalue weighted by molar-refractivity contribution is 9.10. The van der Waals surface area contributed by atoms with E-state index in [0.29, 0.717) is 20.1 Å². The summed E-state index contributed by atoms with van der Waals surface area (Å²) in [6.07, 6.45) is 0.275. The summed E-state index contributed by atoms with van der Waals surface area (Å²) in [6.45, 7) is 8.53. The summed E-state index contributed by atoms with van der Waals surface area (Å²) < 4.78 is 29.6. The van der Waals surface area contributed by atoms with Crippen molar-refractivity contribution in [2.75, 3.05) is 10.8 Å². The zero-order chi connectivity index (χ0) is 30.5. The number of nitrogens with one attached hydrogen (secondary N) is 1. The van der Waals surface area contributed by atoms with Gasteiger partial charge in [0.05, 0.1) is 10.6 Å². The molecule has 0 unspecified atom stereocenters. The molecule has 7 nitrogen and oxygen atoms in total. The van der Waals surface area contributed by atoms with E-state index in [4.69, 9.17) is 23.2 Å². The minimum absolute atomic E-state index is 0.0362. The van der Waals surface area contributed by atoms with Crippen molar-refractivity contribution in [3.05, 3.63) is 92.4 Å². The topological polar surface area (TPSA) is 86.8 Å². The van der Waals surface area contributed by atoms with Gasteiger partial charge in [0.15, 0.2) is 0 Å². The lowest BCUT2D eigenvalue weighted by atomic mass is 10.1. The van der Waals surface area contributed by atoms with Gasteiger partial charge in [0.2, 0.25) is 11.8 Å². The van der Waals surface area contributed by atoms with Crippen LogP contribution < -0.4 is 9.62 Å². The number of carbonyl (C=O) groups excluding carboxylic acids is 2. The molecule has 1 atom stereocenters. The van der Waals surface area contributed by atoms with Gasteiger partial charge >= 0.3 is 0 Å². The molecule has 41 heavy (non-hydrogen) atoms. The second-order valence-electron chi connectivity index (χ2n) is 10.7. The number of rotatable bonds is 10. The normalized spacial score (nSPS) is 12.5. The van der Waals surface area contributed by atoms with Crippen molar-refractivity contribution in [3.8, 4) is 0 Å². The molecule has 1 N–H and O–H groups in total. The third-order valence-corrected chi connectivity index (χ3v) is 9.25. The number of sulfonamides is 1. The molecule has 3 aromatic rings. The number of hydrogen-bond donors (Lipinski definition) is 1. The van der Waals surface area contributed by atoms with Crippen LogP contribution in [0.5, 0.6) is 0 Å². The third-order valence-electron chi connectivity index (χ3n) is 6.26. The number of amides is 2. The van der Waals surface area contributed by atoms with Crippen LogP contribution in [0.4, 0.5) is 5.69 Å². The Morgan fingerprint density at radius 2 is 1.56 bits per heavy atom. The van der Waals surface area contributed by atoms with Gasteiger partial charge in [-0.15, -0.1) is 0 Å². The summed E-state index contributed by atoms with van der Waals surface area (Å²) in [5.41, 5.74) is 1.09. The van der Waals surface area contributed by atoms with Gasteiger partial charge in [-0.2, -0.15) is 0 Å². The van der Waals surface area contributed by atoms with E-state index in [1.165, 1.54) is 17.0 Å². The Labute approximate surface area is 261 Å². The van der Waals surface area contributed by atoms with Crippen molar-refractivity contribution >= 4 is 66.7 Å². The number of aryl methyl sites for hydroxylation is 1. The number of halogens is 3. The molecule has 3 aromatic carbocycles. The maximum atomic E-state index is 14.2. The summed E-state index contributed by atoms with van der Waals surface area (Å²) in [4.78, 5) is 29.0. The van der Waals surface area contributed by atoms with Gasteiger partial charge < -0.3 is 10.2 Å². The highest BCUT2D eigenvalue weighted by Gasteiger charge is 2.35. The molecule has 0 radical (unpaired) electrons. The minimum atomic E-state index is -4.17. The highest BCUT2D eigenvalue weighted by atomic mass is 79.9. The molecule has 0 saturated carbocycles. The molecule has 0 aliphatic heterocycles. The fourth-order valence-electron chi connectivity index (χ4n) is 4.22. The summed E-state index contributed by atoms with van der Waals surface area (Å²) in [5.74, 6) is -0.959. The monoisotopic (exact) mass is 681 g/mol. The molecule has 0 bridgehead atoms. The molecule has 0 heterocycles. The van der Waals surface area contributed by atoms with Gasteiger partial charge in [0, 0.05) is 32.2 Å². The van der Waals surface area contributed by atoms with Gasteiger partial charge in [-0.25, -0.2) is 8.42 Å². The highest BCUT2D eigenvalue weighted by Crippen LogP contribution is 2.30. The Hall–Kier alpha value is -2.59. The van der Waals surface area contributed by atoms with Crippen molar-refractivity contribution < 1.29 is 18.0 Å². The number of carbonyl (C=O) groups is 2. The number of benzene rings is 3. The molecule has 2 amide bonds. The van der Waals surface area contributed by atoms with Crippen LogP contribution in [-0.2, 0) is 26.2 Å². The van der Waals surface area contributed by atoms with Crippen molar-refractivity contribution in [1.82, 2.24) is 10.2 Å². The van der Waals surface area contributed by atoms with E-state index in [1.807, 2.05) is 27.7 Å². The van der Waals surface area contributed by atoms with Crippen LogP contribution in [0.15, 0.2) is 76.1 Å². The largest absolute Gasteiger partial charge is 0.350 e. The van der Waals surface area contributed by atoms with Crippen molar-refractivity contribution in [1.29, 1.82) is 0 Å². The van der Waals surface area contributed by atoms with Crippen LogP contribution in [0, 0.1) is 6.92 Å². The van der Waals surface area contributed by atoms with Crippen LogP contribution in [0.1, 0.15) is 45.2 Å².